The minimum Gasteiger partial charge on any atom is -0.443 e. The number of ether oxygens (including phenoxy) is 1. The molecule has 0 atom stereocenters. The Kier molecular flexibility index (Phi) is 3.53. The van der Waals surface area contributed by atoms with Gasteiger partial charge in [-0.1, -0.05) is 12.1 Å². The molecule has 1 aromatic rings. The molecule has 0 spiro atoms. The van der Waals surface area contributed by atoms with Crippen LogP contribution >= 0.6 is 11.6 Å². The van der Waals surface area contributed by atoms with Crippen LogP contribution in [0, 0.1) is 0 Å². The van der Waals surface area contributed by atoms with Crippen LogP contribution in [0.15, 0.2) is 18.2 Å². The van der Waals surface area contributed by atoms with Crippen molar-refractivity contribution < 1.29 is 9.53 Å². The van der Waals surface area contributed by atoms with Crippen molar-refractivity contribution in [1.29, 1.82) is 0 Å². The molecule has 1 aliphatic heterocycles. The predicted octanol–water partition coefficient (Wildman–Crippen LogP) is 3.72. The maximum atomic E-state index is 12.1. The van der Waals surface area contributed by atoms with Crippen LogP contribution in [0.2, 0.25) is 0 Å². The maximum Gasteiger partial charge on any atom is 0.414 e. The molecule has 0 unspecified atom stereocenters. The molecule has 4 heteroatoms. The molecule has 0 aliphatic carbocycles. The Morgan fingerprint density at radius 1 is 1.44 bits per heavy atom. The van der Waals surface area contributed by atoms with E-state index in [1.165, 1.54) is 5.56 Å². The van der Waals surface area contributed by atoms with Crippen molar-refractivity contribution >= 4 is 23.4 Å². The van der Waals surface area contributed by atoms with Gasteiger partial charge in [0, 0.05) is 12.4 Å². The minimum absolute atomic E-state index is 0.278. The fourth-order valence-electron chi connectivity index (χ4n) is 2.04. The zero-order valence-electron chi connectivity index (χ0n) is 11.0. The highest BCUT2D eigenvalue weighted by molar-refractivity contribution is 6.17. The lowest BCUT2D eigenvalue weighted by molar-refractivity contribution is 0.0584. The van der Waals surface area contributed by atoms with E-state index in [1.807, 2.05) is 32.9 Å². The second-order valence-corrected chi connectivity index (χ2v) is 5.75. The van der Waals surface area contributed by atoms with Crippen molar-refractivity contribution in [2.24, 2.45) is 0 Å². The molecular formula is C14H18ClNO2. The molecule has 98 valence electrons. The first kappa shape index (κ1) is 13.2. The normalized spacial score (nSPS) is 14.6. The Balaban J connectivity index is 2.19. The Morgan fingerprint density at radius 3 is 2.78 bits per heavy atom. The molecule has 0 fully saturated rings. The number of rotatable bonds is 1. The van der Waals surface area contributed by atoms with E-state index in [1.54, 1.807) is 4.90 Å². The van der Waals surface area contributed by atoms with Crippen molar-refractivity contribution in [3.8, 4) is 0 Å². The van der Waals surface area contributed by atoms with Gasteiger partial charge in [0.25, 0.3) is 0 Å². The summed E-state index contributed by atoms with van der Waals surface area (Å²) < 4.78 is 5.40. The first-order chi connectivity index (χ1) is 8.40. The summed E-state index contributed by atoms with van der Waals surface area (Å²) in [5.74, 6) is 0.500. The highest BCUT2D eigenvalue weighted by atomic mass is 35.5. The number of nitrogens with zero attached hydrogens (tertiary/aromatic N) is 1. The predicted molar refractivity (Wildman–Crippen MR) is 73.3 cm³/mol. The average molecular weight is 268 g/mol. The molecule has 0 bridgehead atoms. The zero-order valence-corrected chi connectivity index (χ0v) is 11.8. The quantitative estimate of drug-likeness (QED) is 0.726. The molecule has 1 heterocycles. The van der Waals surface area contributed by atoms with Crippen molar-refractivity contribution in [2.75, 3.05) is 11.4 Å². The highest BCUT2D eigenvalue weighted by Gasteiger charge is 2.28. The topological polar surface area (TPSA) is 29.5 Å². The van der Waals surface area contributed by atoms with Gasteiger partial charge in [0.1, 0.15) is 5.60 Å². The first-order valence-corrected chi connectivity index (χ1v) is 6.62. The van der Waals surface area contributed by atoms with Gasteiger partial charge in [-0.05, 0) is 44.4 Å². The fraction of sp³-hybridized carbons (Fsp3) is 0.500. The van der Waals surface area contributed by atoms with Crippen LogP contribution in [0.5, 0.6) is 0 Å². The van der Waals surface area contributed by atoms with Gasteiger partial charge in [0.2, 0.25) is 0 Å². The van der Waals surface area contributed by atoms with E-state index < -0.39 is 5.60 Å². The van der Waals surface area contributed by atoms with Crippen LogP contribution in [-0.2, 0) is 17.0 Å². The van der Waals surface area contributed by atoms with Crippen LogP contribution in [0.1, 0.15) is 31.9 Å². The standard InChI is InChI=1S/C14H18ClNO2/c1-14(2,3)18-13(17)16-7-6-11-8-10(9-15)4-5-12(11)16/h4-5,8H,6-7,9H2,1-3H3. The Morgan fingerprint density at radius 2 is 2.17 bits per heavy atom. The third-order valence-corrected chi connectivity index (χ3v) is 3.12. The van der Waals surface area contributed by atoms with E-state index in [9.17, 15) is 4.79 Å². The molecule has 3 nitrogen and oxygen atoms in total. The van der Waals surface area contributed by atoms with Crippen molar-refractivity contribution in [3.63, 3.8) is 0 Å². The summed E-state index contributed by atoms with van der Waals surface area (Å²) in [6, 6.07) is 5.96. The summed E-state index contributed by atoms with van der Waals surface area (Å²) in [7, 11) is 0. The number of anilines is 1. The number of amides is 1. The van der Waals surface area contributed by atoms with Crippen molar-refractivity contribution in [2.45, 2.75) is 38.7 Å². The van der Waals surface area contributed by atoms with Gasteiger partial charge in [0.15, 0.2) is 0 Å². The van der Waals surface area contributed by atoms with Gasteiger partial charge in [0.05, 0.1) is 5.69 Å². The van der Waals surface area contributed by atoms with Crippen LogP contribution in [0.3, 0.4) is 0 Å². The lowest BCUT2D eigenvalue weighted by atomic mass is 10.1. The molecule has 1 aromatic carbocycles. The van der Waals surface area contributed by atoms with Crippen LogP contribution < -0.4 is 4.90 Å². The Labute approximate surface area is 113 Å². The van der Waals surface area contributed by atoms with E-state index in [-0.39, 0.29) is 6.09 Å². The molecular weight excluding hydrogens is 250 g/mol. The van der Waals surface area contributed by atoms with E-state index in [2.05, 4.69) is 6.07 Å². The number of alkyl halides is 1. The van der Waals surface area contributed by atoms with Gasteiger partial charge in [-0.25, -0.2) is 4.79 Å². The summed E-state index contributed by atoms with van der Waals surface area (Å²) >= 11 is 5.81. The fourth-order valence-corrected chi connectivity index (χ4v) is 2.21. The molecule has 1 amide bonds. The van der Waals surface area contributed by atoms with Crippen LogP contribution in [0.4, 0.5) is 10.5 Å². The third-order valence-electron chi connectivity index (χ3n) is 2.81. The Bertz CT molecular complexity index is 465. The lowest BCUT2D eigenvalue weighted by Gasteiger charge is -2.24. The summed E-state index contributed by atoms with van der Waals surface area (Å²) in [4.78, 5) is 13.7. The van der Waals surface area contributed by atoms with Crippen LogP contribution in [-0.4, -0.2) is 18.2 Å². The lowest BCUT2D eigenvalue weighted by Crippen LogP contribution is -2.35. The van der Waals surface area contributed by atoms with Gasteiger partial charge >= 0.3 is 6.09 Å². The average Bonchev–Trinajstić information content (AvgIpc) is 2.69. The summed E-state index contributed by atoms with van der Waals surface area (Å²) in [5, 5.41) is 0. The molecule has 0 N–H and O–H groups in total. The van der Waals surface area contributed by atoms with Crippen LogP contribution in [0.25, 0.3) is 0 Å². The zero-order chi connectivity index (χ0) is 13.3. The van der Waals surface area contributed by atoms with Gasteiger partial charge < -0.3 is 4.74 Å². The van der Waals surface area contributed by atoms with Gasteiger partial charge in [-0.15, -0.1) is 11.6 Å². The number of carbonyl (C=O) groups excluding carboxylic acids is 1. The number of benzene rings is 1. The number of hydrogen-bond donors (Lipinski definition) is 0. The maximum absolute atomic E-state index is 12.1. The van der Waals surface area contributed by atoms with Crippen molar-refractivity contribution in [3.05, 3.63) is 29.3 Å². The molecule has 1 aliphatic rings. The molecule has 0 saturated heterocycles. The monoisotopic (exact) mass is 267 g/mol. The number of halogens is 1. The van der Waals surface area contributed by atoms with Gasteiger partial charge in [-0.2, -0.15) is 0 Å². The minimum atomic E-state index is -0.462. The third kappa shape index (κ3) is 2.78. The molecule has 0 radical (unpaired) electrons. The van der Waals surface area contributed by atoms with Gasteiger partial charge in [-0.3, -0.25) is 4.90 Å². The van der Waals surface area contributed by atoms with Crippen molar-refractivity contribution in [1.82, 2.24) is 0 Å². The van der Waals surface area contributed by atoms with E-state index >= 15 is 0 Å². The molecule has 0 aromatic heterocycles. The smallest absolute Gasteiger partial charge is 0.414 e. The second kappa shape index (κ2) is 4.81. The second-order valence-electron chi connectivity index (χ2n) is 5.48. The number of fused-ring (bicyclic) bond motifs is 1. The summed E-state index contributed by atoms with van der Waals surface area (Å²) in [6.07, 6.45) is 0.583. The highest BCUT2D eigenvalue weighted by Crippen LogP contribution is 2.30. The summed E-state index contributed by atoms with van der Waals surface area (Å²) in [6.45, 7) is 6.30. The number of carbonyl (C=O) groups is 1. The van der Waals surface area contributed by atoms with E-state index in [0.717, 1.165) is 17.7 Å². The largest absolute Gasteiger partial charge is 0.443 e. The SMILES string of the molecule is CC(C)(C)OC(=O)N1CCc2cc(CCl)ccc21. The van der Waals surface area contributed by atoms with E-state index in [4.69, 9.17) is 16.3 Å². The molecule has 0 saturated carbocycles. The molecule has 2 rings (SSSR count). The summed E-state index contributed by atoms with van der Waals surface area (Å²) in [5.41, 5.74) is 2.73. The van der Waals surface area contributed by atoms with E-state index in [0.29, 0.717) is 12.4 Å². The number of hydrogen-bond acceptors (Lipinski definition) is 2. The molecule has 18 heavy (non-hydrogen) atoms. The first-order valence-electron chi connectivity index (χ1n) is 6.09. The Hall–Kier alpha value is -1.22.